The quantitative estimate of drug-likeness (QED) is 0.531. The summed E-state index contributed by atoms with van der Waals surface area (Å²) in [6.07, 6.45) is 3.27. The molecule has 2 N–H and O–H groups in total. The Labute approximate surface area is 86.2 Å². The van der Waals surface area contributed by atoms with Gasteiger partial charge in [0.25, 0.3) is 6.92 Å². The van der Waals surface area contributed by atoms with E-state index in [2.05, 4.69) is 5.32 Å². The van der Waals surface area contributed by atoms with E-state index in [0.717, 1.165) is 17.8 Å². The van der Waals surface area contributed by atoms with E-state index >= 15 is 0 Å². The van der Waals surface area contributed by atoms with Gasteiger partial charge in [-0.1, -0.05) is 26.0 Å². The SMILES string of the molecule is CB(O)[C@H](C)CC(=S)[C@@H]1CCCN1. The van der Waals surface area contributed by atoms with Gasteiger partial charge < -0.3 is 10.3 Å². The van der Waals surface area contributed by atoms with Crippen molar-refractivity contribution in [2.75, 3.05) is 6.54 Å². The van der Waals surface area contributed by atoms with Crippen LogP contribution in [0.4, 0.5) is 0 Å². The lowest BCUT2D eigenvalue weighted by Gasteiger charge is -2.16. The van der Waals surface area contributed by atoms with E-state index in [1.165, 1.54) is 12.8 Å². The Hall–Kier alpha value is 0.0749. The van der Waals surface area contributed by atoms with Gasteiger partial charge in [0.2, 0.25) is 0 Å². The number of thiocarbonyl (C=S) groups is 1. The van der Waals surface area contributed by atoms with Crippen LogP contribution in [0.15, 0.2) is 0 Å². The van der Waals surface area contributed by atoms with Gasteiger partial charge in [-0.25, -0.2) is 0 Å². The van der Waals surface area contributed by atoms with Crippen LogP contribution in [0.3, 0.4) is 0 Å². The zero-order valence-electron chi connectivity index (χ0n) is 8.42. The molecule has 1 aliphatic rings. The molecule has 0 amide bonds. The maximum Gasteiger partial charge on any atom is 0.289 e. The largest absolute Gasteiger partial charge is 0.450 e. The lowest BCUT2D eigenvalue weighted by atomic mass is 9.58. The Morgan fingerprint density at radius 3 is 2.92 bits per heavy atom. The molecule has 0 radical (unpaired) electrons. The summed E-state index contributed by atoms with van der Waals surface area (Å²) in [5.74, 6) is 0.287. The van der Waals surface area contributed by atoms with E-state index in [-0.39, 0.29) is 12.7 Å². The van der Waals surface area contributed by atoms with E-state index in [1.54, 1.807) is 0 Å². The van der Waals surface area contributed by atoms with Crippen LogP contribution in [0.1, 0.15) is 26.2 Å². The molecule has 0 spiro atoms. The van der Waals surface area contributed by atoms with Gasteiger partial charge in [0.1, 0.15) is 0 Å². The second-order valence-corrected chi connectivity index (χ2v) is 4.56. The summed E-state index contributed by atoms with van der Waals surface area (Å²) in [4.78, 5) is 1.09. The van der Waals surface area contributed by atoms with Crippen LogP contribution in [0.2, 0.25) is 12.6 Å². The molecule has 2 atom stereocenters. The highest BCUT2D eigenvalue weighted by Gasteiger charge is 2.22. The zero-order valence-corrected chi connectivity index (χ0v) is 9.23. The first-order valence-electron chi connectivity index (χ1n) is 5.05. The van der Waals surface area contributed by atoms with Crippen molar-refractivity contribution in [1.29, 1.82) is 0 Å². The fourth-order valence-corrected chi connectivity index (χ4v) is 2.05. The highest BCUT2D eigenvalue weighted by Crippen LogP contribution is 2.18. The molecule has 1 rings (SSSR count). The summed E-state index contributed by atoms with van der Waals surface area (Å²) in [6, 6.07) is 0.427. The highest BCUT2D eigenvalue weighted by molar-refractivity contribution is 7.80. The maximum absolute atomic E-state index is 9.33. The molecular formula is C9H18BNOS. The summed E-state index contributed by atoms with van der Waals surface area (Å²) in [6.45, 7) is 4.72. The first-order valence-corrected chi connectivity index (χ1v) is 5.46. The van der Waals surface area contributed by atoms with Gasteiger partial charge in [-0.3, -0.25) is 0 Å². The van der Waals surface area contributed by atoms with E-state index in [4.69, 9.17) is 12.2 Å². The van der Waals surface area contributed by atoms with Gasteiger partial charge in [0.05, 0.1) is 0 Å². The zero-order chi connectivity index (χ0) is 9.84. The maximum atomic E-state index is 9.33. The van der Waals surface area contributed by atoms with Crippen LogP contribution in [0.5, 0.6) is 0 Å². The third-order valence-corrected chi connectivity index (χ3v) is 3.25. The molecule has 1 fully saturated rings. The van der Waals surface area contributed by atoms with Crippen molar-refractivity contribution in [3.8, 4) is 0 Å². The van der Waals surface area contributed by atoms with E-state index in [0.29, 0.717) is 6.04 Å². The van der Waals surface area contributed by atoms with E-state index in [9.17, 15) is 5.02 Å². The summed E-state index contributed by atoms with van der Waals surface area (Å²) in [7, 11) is 0. The number of hydrogen-bond donors (Lipinski definition) is 2. The molecule has 0 aromatic carbocycles. The highest BCUT2D eigenvalue weighted by atomic mass is 32.1. The molecule has 2 nitrogen and oxygen atoms in total. The molecule has 1 saturated heterocycles. The minimum atomic E-state index is -0.251. The predicted octanol–water partition coefficient (Wildman–Crippen LogP) is 1.50. The standard InChI is InChI=1S/C9H18BNOS/c1-7(10(2)12)6-9(13)8-4-3-5-11-8/h7-8,11-12H,3-6H2,1-2H3/t7-,8+/m1/s1. The third-order valence-electron chi connectivity index (χ3n) is 2.80. The lowest BCUT2D eigenvalue weighted by molar-refractivity contribution is 0.557. The fourth-order valence-electron chi connectivity index (χ4n) is 1.59. The Morgan fingerprint density at radius 2 is 2.46 bits per heavy atom. The van der Waals surface area contributed by atoms with Gasteiger partial charge in [0.15, 0.2) is 0 Å². The van der Waals surface area contributed by atoms with Crippen LogP contribution in [0, 0.1) is 0 Å². The molecule has 0 bridgehead atoms. The molecule has 13 heavy (non-hydrogen) atoms. The first-order chi connectivity index (χ1) is 6.11. The summed E-state index contributed by atoms with van der Waals surface area (Å²) in [5, 5.41) is 12.7. The molecule has 0 aliphatic carbocycles. The minimum Gasteiger partial charge on any atom is -0.450 e. The van der Waals surface area contributed by atoms with Crippen molar-refractivity contribution < 1.29 is 5.02 Å². The smallest absolute Gasteiger partial charge is 0.289 e. The molecule has 1 aliphatic heterocycles. The van der Waals surface area contributed by atoms with Crippen LogP contribution in [-0.4, -0.2) is 29.4 Å². The van der Waals surface area contributed by atoms with Gasteiger partial charge >= 0.3 is 0 Å². The second kappa shape index (κ2) is 5.08. The monoisotopic (exact) mass is 199 g/mol. The van der Waals surface area contributed by atoms with Gasteiger partial charge in [0, 0.05) is 10.9 Å². The molecule has 4 heteroatoms. The number of rotatable bonds is 4. The van der Waals surface area contributed by atoms with Gasteiger partial charge in [-0.2, -0.15) is 0 Å². The van der Waals surface area contributed by atoms with Crippen molar-refractivity contribution in [3.63, 3.8) is 0 Å². The third kappa shape index (κ3) is 3.37. The average molecular weight is 199 g/mol. The number of hydrogen-bond acceptors (Lipinski definition) is 3. The molecular weight excluding hydrogens is 181 g/mol. The van der Waals surface area contributed by atoms with Gasteiger partial charge in [-0.15, -0.1) is 0 Å². The Kier molecular flexibility index (Phi) is 4.36. The molecule has 0 aromatic rings. The Morgan fingerprint density at radius 1 is 1.77 bits per heavy atom. The predicted molar refractivity (Wildman–Crippen MR) is 61.5 cm³/mol. The average Bonchev–Trinajstić information content (AvgIpc) is 2.55. The van der Waals surface area contributed by atoms with Crippen molar-refractivity contribution in [1.82, 2.24) is 5.32 Å². The van der Waals surface area contributed by atoms with Crippen molar-refractivity contribution >= 4 is 24.0 Å². The molecule has 0 saturated carbocycles. The molecule has 0 aromatic heterocycles. The van der Waals surface area contributed by atoms with Crippen molar-refractivity contribution in [3.05, 3.63) is 0 Å². The van der Waals surface area contributed by atoms with Crippen molar-refractivity contribution in [2.45, 2.75) is 44.9 Å². The minimum absolute atomic E-state index is 0.251. The van der Waals surface area contributed by atoms with Crippen LogP contribution < -0.4 is 5.32 Å². The summed E-state index contributed by atoms with van der Waals surface area (Å²) < 4.78 is 0. The lowest BCUT2D eigenvalue weighted by Crippen LogP contribution is -2.31. The number of nitrogens with one attached hydrogen (secondary N) is 1. The summed E-state index contributed by atoms with van der Waals surface area (Å²) in [5.41, 5.74) is 0. The second-order valence-electron chi connectivity index (χ2n) is 4.04. The normalized spacial score (nSPS) is 24.4. The molecule has 0 unspecified atom stereocenters. The first kappa shape index (κ1) is 11.2. The van der Waals surface area contributed by atoms with Crippen LogP contribution in [-0.2, 0) is 0 Å². The van der Waals surface area contributed by atoms with Crippen LogP contribution >= 0.6 is 12.2 Å². The topological polar surface area (TPSA) is 32.3 Å². The van der Waals surface area contributed by atoms with E-state index < -0.39 is 0 Å². The molecule has 74 valence electrons. The van der Waals surface area contributed by atoms with Gasteiger partial charge in [-0.05, 0) is 31.6 Å². The summed E-state index contributed by atoms with van der Waals surface area (Å²) >= 11 is 5.34. The Bertz CT molecular complexity index is 180. The molecule has 1 heterocycles. The van der Waals surface area contributed by atoms with E-state index in [1.807, 2.05) is 13.7 Å². The van der Waals surface area contributed by atoms with Crippen molar-refractivity contribution in [2.24, 2.45) is 0 Å². The fraction of sp³-hybridized carbons (Fsp3) is 0.889. The van der Waals surface area contributed by atoms with Crippen LogP contribution in [0.25, 0.3) is 0 Å². The Balaban J connectivity index is 2.31.